The molecule has 0 saturated carbocycles. The summed E-state index contributed by atoms with van der Waals surface area (Å²) in [4.78, 5) is 0. The van der Waals surface area contributed by atoms with Gasteiger partial charge in [0, 0.05) is 18.3 Å². The number of rotatable bonds is 6. The van der Waals surface area contributed by atoms with Crippen LogP contribution in [-0.4, -0.2) is 29.6 Å². The van der Waals surface area contributed by atoms with E-state index in [2.05, 4.69) is 13.8 Å². The van der Waals surface area contributed by atoms with Crippen molar-refractivity contribution in [3.8, 4) is 0 Å². The maximum atomic E-state index is 12.7. The van der Waals surface area contributed by atoms with E-state index in [0.29, 0.717) is 11.9 Å². The summed E-state index contributed by atoms with van der Waals surface area (Å²) in [5.74, 6) is 0. The molecule has 0 amide bonds. The normalized spacial score (nSPS) is 23.9. The van der Waals surface area contributed by atoms with E-state index < -0.39 is 6.72 Å². The zero-order chi connectivity index (χ0) is 11.3. The predicted octanol–water partition coefficient (Wildman–Crippen LogP) is 3.76. The van der Waals surface area contributed by atoms with E-state index in [1.165, 1.54) is 11.4 Å². The lowest BCUT2D eigenvalue weighted by Crippen LogP contribution is -2.17. The molecular formula is C10H22NO2PS. The smallest absolute Gasteiger partial charge is 0.310 e. The van der Waals surface area contributed by atoms with Gasteiger partial charge in [0.25, 0.3) is 0 Å². The van der Waals surface area contributed by atoms with Gasteiger partial charge < -0.3 is 4.52 Å². The lowest BCUT2D eigenvalue weighted by molar-refractivity contribution is 0.301. The Labute approximate surface area is 97.2 Å². The summed E-state index contributed by atoms with van der Waals surface area (Å²) in [6.07, 6.45) is 3.34. The third kappa shape index (κ3) is 3.77. The summed E-state index contributed by atoms with van der Waals surface area (Å²) in [5.41, 5.74) is 0. The van der Waals surface area contributed by atoms with E-state index in [0.717, 1.165) is 32.4 Å². The van der Waals surface area contributed by atoms with Crippen LogP contribution in [0.5, 0.6) is 0 Å². The second-order valence-corrected chi connectivity index (χ2v) is 8.66. The Morgan fingerprint density at radius 1 is 1.40 bits per heavy atom. The van der Waals surface area contributed by atoms with E-state index >= 15 is 0 Å². The maximum absolute atomic E-state index is 12.7. The molecule has 1 saturated heterocycles. The Morgan fingerprint density at radius 3 is 2.47 bits per heavy atom. The Bertz CT molecular complexity index is 231. The van der Waals surface area contributed by atoms with Gasteiger partial charge in [-0.15, -0.1) is 0 Å². The molecule has 0 N–H and O–H groups in total. The van der Waals surface area contributed by atoms with Crippen LogP contribution in [0.25, 0.3) is 0 Å². The molecule has 0 spiro atoms. The van der Waals surface area contributed by atoms with Gasteiger partial charge in [0.1, 0.15) is 0 Å². The second-order valence-electron chi connectivity index (χ2n) is 3.87. The van der Waals surface area contributed by atoms with Gasteiger partial charge in [-0.25, -0.2) is 4.67 Å². The van der Waals surface area contributed by atoms with Crippen LogP contribution >= 0.6 is 18.1 Å². The molecular weight excluding hydrogens is 229 g/mol. The van der Waals surface area contributed by atoms with E-state index in [1.807, 2.05) is 11.6 Å². The van der Waals surface area contributed by atoms with Gasteiger partial charge in [0.15, 0.2) is 0 Å². The van der Waals surface area contributed by atoms with Crippen LogP contribution in [0.2, 0.25) is 0 Å². The molecule has 1 fully saturated rings. The van der Waals surface area contributed by atoms with Gasteiger partial charge in [-0.3, -0.25) is 4.57 Å². The molecule has 1 aliphatic rings. The Kier molecular flexibility index (Phi) is 5.69. The molecule has 5 heteroatoms. The summed E-state index contributed by atoms with van der Waals surface area (Å²) >= 11 is 1.53. The first-order chi connectivity index (χ1) is 7.12. The minimum absolute atomic E-state index is 0.406. The third-order valence-electron chi connectivity index (χ3n) is 2.61. The van der Waals surface area contributed by atoms with E-state index in [-0.39, 0.29) is 0 Å². The number of hydrogen-bond donors (Lipinski definition) is 0. The highest BCUT2D eigenvalue weighted by Gasteiger charge is 2.35. The standard InChI is InChI=1S/C10H22NO2PS/c1-4-10(3)15-14(12,13-5-2)11-8-6-7-9-11/h10H,4-9H2,1-3H3. The van der Waals surface area contributed by atoms with Gasteiger partial charge >= 0.3 is 6.72 Å². The van der Waals surface area contributed by atoms with Crippen molar-refractivity contribution in [3.05, 3.63) is 0 Å². The van der Waals surface area contributed by atoms with Crippen molar-refractivity contribution in [3.63, 3.8) is 0 Å². The van der Waals surface area contributed by atoms with Crippen LogP contribution in [0.4, 0.5) is 0 Å². The molecule has 1 aliphatic heterocycles. The minimum atomic E-state index is -2.59. The first-order valence-electron chi connectivity index (χ1n) is 5.80. The fourth-order valence-electron chi connectivity index (χ4n) is 1.59. The highest BCUT2D eigenvalue weighted by molar-refractivity contribution is 8.56. The fourth-order valence-corrected chi connectivity index (χ4v) is 6.85. The summed E-state index contributed by atoms with van der Waals surface area (Å²) < 4.78 is 20.2. The van der Waals surface area contributed by atoms with E-state index in [1.54, 1.807) is 0 Å². The monoisotopic (exact) mass is 251 g/mol. The third-order valence-corrected chi connectivity index (χ3v) is 8.13. The van der Waals surface area contributed by atoms with Crippen molar-refractivity contribution < 1.29 is 9.09 Å². The fraction of sp³-hybridized carbons (Fsp3) is 1.00. The molecule has 1 heterocycles. The lowest BCUT2D eigenvalue weighted by atomic mass is 10.4. The van der Waals surface area contributed by atoms with Gasteiger partial charge in [0.05, 0.1) is 6.61 Å². The molecule has 90 valence electrons. The largest absolute Gasteiger partial charge is 0.329 e. The first kappa shape index (κ1) is 13.6. The number of nitrogens with zero attached hydrogens (tertiary/aromatic N) is 1. The van der Waals surface area contributed by atoms with Crippen molar-refractivity contribution in [2.24, 2.45) is 0 Å². The summed E-state index contributed by atoms with van der Waals surface area (Å²) in [5, 5.41) is 0.406. The van der Waals surface area contributed by atoms with Crippen LogP contribution < -0.4 is 0 Å². The first-order valence-corrected chi connectivity index (χ1v) is 8.87. The van der Waals surface area contributed by atoms with Gasteiger partial charge in [-0.2, -0.15) is 0 Å². The van der Waals surface area contributed by atoms with Gasteiger partial charge in [0.2, 0.25) is 0 Å². The molecule has 0 aromatic carbocycles. The van der Waals surface area contributed by atoms with Crippen LogP contribution in [0.3, 0.4) is 0 Å². The molecule has 0 aromatic heterocycles. The minimum Gasteiger partial charge on any atom is -0.310 e. The van der Waals surface area contributed by atoms with Crippen LogP contribution in [-0.2, 0) is 9.09 Å². The van der Waals surface area contributed by atoms with Crippen LogP contribution in [0.15, 0.2) is 0 Å². The molecule has 0 aromatic rings. The molecule has 2 unspecified atom stereocenters. The molecule has 0 aliphatic carbocycles. The molecule has 15 heavy (non-hydrogen) atoms. The molecule has 2 atom stereocenters. The highest BCUT2D eigenvalue weighted by Crippen LogP contribution is 2.65. The van der Waals surface area contributed by atoms with Crippen LogP contribution in [0.1, 0.15) is 40.0 Å². The quantitative estimate of drug-likeness (QED) is 0.672. The molecule has 0 radical (unpaired) electrons. The zero-order valence-electron chi connectivity index (χ0n) is 9.94. The predicted molar refractivity (Wildman–Crippen MR) is 67.4 cm³/mol. The maximum Gasteiger partial charge on any atom is 0.329 e. The van der Waals surface area contributed by atoms with E-state index in [4.69, 9.17) is 4.52 Å². The SMILES string of the molecule is CCOP(=O)(SC(C)CC)N1CCCC1. The summed E-state index contributed by atoms with van der Waals surface area (Å²) in [7, 11) is 0. The average molecular weight is 251 g/mol. The second kappa shape index (κ2) is 6.29. The average Bonchev–Trinajstić information content (AvgIpc) is 2.71. The van der Waals surface area contributed by atoms with Crippen molar-refractivity contribution in [2.45, 2.75) is 45.3 Å². The van der Waals surface area contributed by atoms with Crippen LogP contribution in [0, 0.1) is 0 Å². The molecule has 1 rings (SSSR count). The Balaban J connectivity index is 2.63. The number of hydrogen-bond acceptors (Lipinski definition) is 3. The zero-order valence-corrected chi connectivity index (χ0v) is 11.7. The van der Waals surface area contributed by atoms with Crippen molar-refractivity contribution >= 4 is 18.1 Å². The topological polar surface area (TPSA) is 29.5 Å². The van der Waals surface area contributed by atoms with Gasteiger partial charge in [-0.05, 0) is 26.2 Å². The lowest BCUT2D eigenvalue weighted by Gasteiger charge is -2.27. The summed E-state index contributed by atoms with van der Waals surface area (Å²) in [6.45, 7) is 5.97. The summed E-state index contributed by atoms with van der Waals surface area (Å²) in [6, 6.07) is 0. The molecule has 3 nitrogen and oxygen atoms in total. The Morgan fingerprint density at radius 2 is 2.00 bits per heavy atom. The van der Waals surface area contributed by atoms with Gasteiger partial charge in [-0.1, -0.05) is 25.2 Å². The van der Waals surface area contributed by atoms with E-state index in [9.17, 15) is 4.57 Å². The highest BCUT2D eigenvalue weighted by atomic mass is 32.7. The molecule has 0 bridgehead atoms. The van der Waals surface area contributed by atoms with Crippen molar-refractivity contribution in [1.82, 2.24) is 4.67 Å². The Hall–Kier alpha value is 0.500. The van der Waals surface area contributed by atoms with Crippen molar-refractivity contribution in [1.29, 1.82) is 0 Å². The van der Waals surface area contributed by atoms with Crippen molar-refractivity contribution in [2.75, 3.05) is 19.7 Å².